The Balaban J connectivity index is 1.88. The molecule has 0 radical (unpaired) electrons. The molecule has 1 aromatic carbocycles. The second-order valence-electron chi connectivity index (χ2n) is 5.17. The van der Waals surface area contributed by atoms with Gasteiger partial charge in [0.15, 0.2) is 0 Å². The van der Waals surface area contributed by atoms with Crippen molar-refractivity contribution in [2.45, 2.75) is 32.6 Å². The van der Waals surface area contributed by atoms with E-state index in [0.29, 0.717) is 16.6 Å². The molecule has 0 saturated carbocycles. The van der Waals surface area contributed by atoms with Crippen LogP contribution in [0, 0.1) is 3.57 Å². The van der Waals surface area contributed by atoms with Crippen molar-refractivity contribution in [2.24, 2.45) is 0 Å². The van der Waals surface area contributed by atoms with E-state index in [4.69, 9.17) is 0 Å². The Morgan fingerprint density at radius 2 is 1.92 bits per heavy atom. The Hall–Kier alpha value is -1.55. The number of amides is 2. The number of hydrogen-bond donors (Lipinski definition) is 2. The van der Waals surface area contributed by atoms with E-state index < -0.39 is 0 Å². The highest BCUT2D eigenvalue weighted by atomic mass is 127. The molecule has 2 rings (SSSR count). The molecule has 0 spiro atoms. The summed E-state index contributed by atoms with van der Waals surface area (Å²) in [4.78, 5) is 24.0. The summed E-state index contributed by atoms with van der Waals surface area (Å²) in [6, 6.07) is 7.22. The van der Waals surface area contributed by atoms with E-state index in [-0.39, 0.29) is 18.4 Å². The van der Waals surface area contributed by atoms with Gasteiger partial charge in [0.2, 0.25) is 11.0 Å². The molecule has 128 valence electrons. The largest absolute Gasteiger partial charge is 0.343 e. The van der Waals surface area contributed by atoms with Gasteiger partial charge in [-0.15, -0.1) is 10.2 Å². The van der Waals surface area contributed by atoms with Crippen molar-refractivity contribution in [1.29, 1.82) is 0 Å². The maximum absolute atomic E-state index is 12.1. The van der Waals surface area contributed by atoms with Crippen LogP contribution in [0.2, 0.25) is 0 Å². The van der Waals surface area contributed by atoms with E-state index in [0.717, 1.165) is 21.4 Å². The van der Waals surface area contributed by atoms with Crippen molar-refractivity contribution in [3.05, 3.63) is 38.4 Å². The molecular formula is C16H19IN4O2S. The van der Waals surface area contributed by atoms with Crippen molar-refractivity contribution in [3.8, 4) is 0 Å². The number of hydrogen-bond acceptors (Lipinski definition) is 5. The number of rotatable bonds is 7. The number of nitrogens with one attached hydrogen (secondary N) is 2. The smallest absolute Gasteiger partial charge is 0.252 e. The Labute approximate surface area is 158 Å². The van der Waals surface area contributed by atoms with Crippen molar-refractivity contribution in [2.75, 3.05) is 11.9 Å². The number of halogens is 1. The van der Waals surface area contributed by atoms with Gasteiger partial charge in [0.05, 0.1) is 12.1 Å². The second-order valence-corrected chi connectivity index (χ2v) is 7.34. The molecule has 0 unspecified atom stereocenters. The first kappa shape index (κ1) is 18.8. The fourth-order valence-corrected chi connectivity index (χ4v) is 3.81. The summed E-state index contributed by atoms with van der Waals surface area (Å²) < 4.78 is 0.840. The number of nitrogens with zero attached hydrogens (tertiary/aromatic N) is 2. The summed E-state index contributed by atoms with van der Waals surface area (Å²) in [5.41, 5.74) is 0.554. The maximum Gasteiger partial charge on any atom is 0.252 e. The Morgan fingerprint density at radius 1 is 1.21 bits per heavy atom. The van der Waals surface area contributed by atoms with E-state index >= 15 is 0 Å². The Bertz CT molecular complexity index is 716. The van der Waals surface area contributed by atoms with Gasteiger partial charge in [0.25, 0.3) is 5.91 Å². The molecule has 0 aliphatic heterocycles. The zero-order valence-corrected chi connectivity index (χ0v) is 16.5. The zero-order chi connectivity index (χ0) is 17.5. The van der Waals surface area contributed by atoms with Crippen LogP contribution in [0.15, 0.2) is 24.3 Å². The van der Waals surface area contributed by atoms with Crippen molar-refractivity contribution in [1.82, 2.24) is 15.5 Å². The van der Waals surface area contributed by atoms with Gasteiger partial charge in [-0.3, -0.25) is 14.9 Å². The number of benzene rings is 1. The summed E-state index contributed by atoms with van der Waals surface area (Å²) in [6.45, 7) is 4.10. The minimum Gasteiger partial charge on any atom is -0.343 e. The molecule has 2 aromatic rings. The molecular weight excluding hydrogens is 439 g/mol. The number of carbonyl (C=O) groups is 2. The SMILES string of the molecule is CCC(CC)c1nnc(NC(=O)CNC(=O)c2ccccc2I)s1. The van der Waals surface area contributed by atoms with E-state index in [1.54, 1.807) is 12.1 Å². The first-order valence-electron chi connectivity index (χ1n) is 7.71. The summed E-state index contributed by atoms with van der Waals surface area (Å²) in [5, 5.41) is 14.8. The number of anilines is 1. The van der Waals surface area contributed by atoms with Gasteiger partial charge >= 0.3 is 0 Å². The minimum atomic E-state index is -0.318. The summed E-state index contributed by atoms with van der Waals surface area (Å²) in [6.07, 6.45) is 1.98. The van der Waals surface area contributed by atoms with E-state index in [2.05, 4.69) is 57.3 Å². The highest BCUT2D eigenvalue weighted by molar-refractivity contribution is 14.1. The summed E-state index contributed by atoms with van der Waals surface area (Å²) >= 11 is 3.47. The van der Waals surface area contributed by atoms with Crippen LogP contribution in [-0.2, 0) is 4.79 Å². The summed E-state index contributed by atoms with van der Waals surface area (Å²) in [7, 11) is 0. The molecule has 1 aromatic heterocycles. The molecule has 24 heavy (non-hydrogen) atoms. The van der Waals surface area contributed by atoms with Crippen LogP contribution in [0.25, 0.3) is 0 Å². The third-order valence-electron chi connectivity index (χ3n) is 3.55. The lowest BCUT2D eigenvalue weighted by Gasteiger charge is -2.07. The fourth-order valence-electron chi connectivity index (χ4n) is 2.15. The molecule has 0 aliphatic rings. The average molecular weight is 458 g/mol. The first-order valence-corrected chi connectivity index (χ1v) is 9.60. The predicted octanol–water partition coefficient (Wildman–Crippen LogP) is 3.41. The molecule has 1 heterocycles. The molecule has 0 bridgehead atoms. The molecule has 0 aliphatic carbocycles. The zero-order valence-electron chi connectivity index (χ0n) is 13.5. The molecule has 8 heteroatoms. The average Bonchev–Trinajstić information content (AvgIpc) is 3.02. The van der Waals surface area contributed by atoms with E-state index in [1.165, 1.54) is 11.3 Å². The normalized spacial score (nSPS) is 10.7. The molecule has 2 amide bonds. The fraction of sp³-hybridized carbons (Fsp3) is 0.375. The van der Waals surface area contributed by atoms with Crippen molar-refractivity contribution < 1.29 is 9.59 Å². The highest BCUT2D eigenvalue weighted by Crippen LogP contribution is 2.27. The second kappa shape index (κ2) is 9.07. The van der Waals surface area contributed by atoms with Crippen molar-refractivity contribution in [3.63, 3.8) is 0 Å². The standard InChI is InChI=1S/C16H19IN4O2S/c1-3-10(4-2)15-20-21-16(24-15)19-13(22)9-18-14(23)11-7-5-6-8-12(11)17/h5-8,10H,3-4,9H2,1-2H3,(H,18,23)(H,19,21,22). The third-order valence-corrected chi connectivity index (χ3v) is 5.49. The van der Waals surface area contributed by atoms with Crippen LogP contribution < -0.4 is 10.6 Å². The van der Waals surface area contributed by atoms with Crippen LogP contribution in [0.3, 0.4) is 0 Å². The molecule has 0 fully saturated rings. The van der Waals surface area contributed by atoms with E-state index in [9.17, 15) is 9.59 Å². The molecule has 2 N–H and O–H groups in total. The molecule has 6 nitrogen and oxygen atoms in total. The quantitative estimate of drug-likeness (QED) is 0.623. The predicted molar refractivity (Wildman–Crippen MR) is 103 cm³/mol. The highest BCUT2D eigenvalue weighted by Gasteiger charge is 2.15. The van der Waals surface area contributed by atoms with Crippen LogP contribution in [0.5, 0.6) is 0 Å². The molecule has 0 atom stereocenters. The Kier molecular flexibility index (Phi) is 7.10. The first-order chi connectivity index (χ1) is 11.5. The van der Waals surface area contributed by atoms with Gasteiger partial charge in [0, 0.05) is 9.49 Å². The van der Waals surface area contributed by atoms with Crippen LogP contribution in [0.1, 0.15) is 48.0 Å². The van der Waals surface area contributed by atoms with Gasteiger partial charge in [-0.05, 0) is 47.6 Å². The van der Waals surface area contributed by atoms with E-state index in [1.807, 2.05) is 12.1 Å². The van der Waals surface area contributed by atoms with Gasteiger partial charge in [0.1, 0.15) is 5.01 Å². The number of aromatic nitrogens is 2. The van der Waals surface area contributed by atoms with Crippen LogP contribution in [0.4, 0.5) is 5.13 Å². The Morgan fingerprint density at radius 3 is 2.58 bits per heavy atom. The lowest BCUT2D eigenvalue weighted by atomic mass is 10.1. The lowest BCUT2D eigenvalue weighted by molar-refractivity contribution is -0.115. The van der Waals surface area contributed by atoms with Gasteiger partial charge in [-0.1, -0.05) is 37.3 Å². The summed E-state index contributed by atoms with van der Waals surface area (Å²) in [5.74, 6) is -0.223. The van der Waals surface area contributed by atoms with Gasteiger partial charge in [-0.2, -0.15) is 0 Å². The topological polar surface area (TPSA) is 84.0 Å². The lowest BCUT2D eigenvalue weighted by Crippen LogP contribution is -2.33. The minimum absolute atomic E-state index is 0.107. The van der Waals surface area contributed by atoms with Crippen LogP contribution >= 0.6 is 33.9 Å². The van der Waals surface area contributed by atoms with Crippen LogP contribution in [-0.4, -0.2) is 28.6 Å². The third kappa shape index (κ3) is 4.97. The van der Waals surface area contributed by atoms with Crippen molar-refractivity contribution >= 4 is 50.9 Å². The van der Waals surface area contributed by atoms with Gasteiger partial charge in [-0.25, -0.2) is 0 Å². The monoisotopic (exact) mass is 458 g/mol. The maximum atomic E-state index is 12.1. The molecule has 0 saturated heterocycles. The van der Waals surface area contributed by atoms with Gasteiger partial charge < -0.3 is 5.32 Å². The number of carbonyl (C=O) groups excluding carboxylic acids is 2.